The Hall–Kier alpha value is -1.30. The first-order valence-electron chi connectivity index (χ1n) is 6.70. The van der Waals surface area contributed by atoms with Gasteiger partial charge < -0.3 is 20.2 Å². The molecule has 1 saturated heterocycles. The third-order valence-electron chi connectivity index (χ3n) is 4.18. The summed E-state index contributed by atoms with van der Waals surface area (Å²) in [5, 5.41) is 12.7. The molecule has 0 aromatic heterocycles. The van der Waals surface area contributed by atoms with Crippen LogP contribution in [0.1, 0.15) is 27.7 Å². The summed E-state index contributed by atoms with van der Waals surface area (Å²) >= 11 is 0. The van der Waals surface area contributed by atoms with Crippen molar-refractivity contribution in [1.29, 1.82) is 0 Å². The van der Waals surface area contributed by atoms with Gasteiger partial charge in [-0.05, 0) is 19.8 Å². The number of carboxylic acids is 1. The van der Waals surface area contributed by atoms with E-state index in [-0.39, 0.29) is 18.0 Å². The molecule has 6 nitrogen and oxygen atoms in total. The van der Waals surface area contributed by atoms with E-state index in [2.05, 4.69) is 5.32 Å². The number of rotatable bonds is 3. The van der Waals surface area contributed by atoms with E-state index in [0.717, 1.165) is 6.54 Å². The van der Waals surface area contributed by atoms with Crippen molar-refractivity contribution >= 4 is 12.0 Å². The highest BCUT2D eigenvalue weighted by Crippen LogP contribution is 2.25. The summed E-state index contributed by atoms with van der Waals surface area (Å²) in [5.41, 5.74) is -1.19. The van der Waals surface area contributed by atoms with Crippen LogP contribution in [0.2, 0.25) is 0 Å². The van der Waals surface area contributed by atoms with E-state index in [1.165, 1.54) is 4.90 Å². The average molecular weight is 271 g/mol. The molecule has 0 radical (unpaired) electrons. The summed E-state index contributed by atoms with van der Waals surface area (Å²) in [4.78, 5) is 27.1. The summed E-state index contributed by atoms with van der Waals surface area (Å²) in [7, 11) is 1.57. The molecule has 0 aliphatic carbocycles. The van der Waals surface area contributed by atoms with Crippen LogP contribution in [0.5, 0.6) is 0 Å². The second kappa shape index (κ2) is 5.77. The van der Waals surface area contributed by atoms with E-state index < -0.39 is 11.5 Å². The number of aliphatic carboxylic acids is 1. The Balaban J connectivity index is 2.88. The molecule has 110 valence electrons. The first kappa shape index (κ1) is 15.8. The number of urea groups is 1. The Morgan fingerprint density at radius 2 is 2.05 bits per heavy atom. The fourth-order valence-electron chi connectivity index (χ4n) is 2.29. The topological polar surface area (TPSA) is 72.9 Å². The normalized spacial score (nSPS) is 23.1. The number of carboxylic acid groups (broad SMARTS) is 1. The molecule has 2 N–H and O–H groups in total. The molecule has 1 aliphatic heterocycles. The maximum atomic E-state index is 12.5. The van der Waals surface area contributed by atoms with Crippen molar-refractivity contribution in [2.24, 2.45) is 5.92 Å². The molecule has 1 fully saturated rings. The van der Waals surface area contributed by atoms with Crippen LogP contribution in [0.4, 0.5) is 4.79 Å². The zero-order chi connectivity index (χ0) is 14.8. The second-order valence-corrected chi connectivity index (χ2v) is 5.75. The molecule has 1 unspecified atom stereocenters. The van der Waals surface area contributed by atoms with Gasteiger partial charge in [0, 0.05) is 32.7 Å². The number of carbonyl (C=O) groups is 2. The lowest BCUT2D eigenvalue weighted by molar-refractivity contribution is -0.151. The maximum absolute atomic E-state index is 12.5. The minimum atomic E-state index is -1.19. The molecular formula is C13H25N3O3. The van der Waals surface area contributed by atoms with Gasteiger partial charge in [0.2, 0.25) is 0 Å². The van der Waals surface area contributed by atoms with E-state index in [4.69, 9.17) is 0 Å². The largest absolute Gasteiger partial charge is 0.479 e. The van der Waals surface area contributed by atoms with E-state index in [1.807, 2.05) is 20.8 Å². The first-order chi connectivity index (χ1) is 8.71. The van der Waals surface area contributed by atoms with Gasteiger partial charge in [-0.2, -0.15) is 0 Å². The van der Waals surface area contributed by atoms with Crippen LogP contribution in [0.3, 0.4) is 0 Å². The number of likely N-dealkylation sites (N-methyl/N-ethyl adjacent to an activating group) is 1. The Kier molecular flexibility index (Phi) is 4.79. The quantitative estimate of drug-likeness (QED) is 0.797. The summed E-state index contributed by atoms with van der Waals surface area (Å²) < 4.78 is 0. The number of hydrogen-bond donors (Lipinski definition) is 2. The highest BCUT2D eigenvalue weighted by atomic mass is 16.4. The number of amides is 2. The Morgan fingerprint density at radius 3 is 2.47 bits per heavy atom. The molecule has 0 saturated carbocycles. The molecule has 0 spiro atoms. The molecule has 0 bridgehead atoms. The zero-order valence-electron chi connectivity index (χ0n) is 12.4. The second-order valence-electron chi connectivity index (χ2n) is 5.75. The molecule has 0 aromatic rings. The first-order valence-corrected chi connectivity index (χ1v) is 6.70. The number of nitrogens with one attached hydrogen (secondary N) is 1. The van der Waals surface area contributed by atoms with Crippen LogP contribution >= 0.6 is 0 Å². The van der Waals surface area contributed by atoms with Crippen molar-refractivity contribution < 1.29 is 14.7 Å². The number of nitrogens with zero attached hydrogens (tertiary/aromatic N) is 2. The fraction of sp³-hybridized carbons (Fsp3) is 0.846. The van der Waals surface area contributed by atoms with Crippen LogP contribution in [-0.4, -0.2) is 65.2 Å². The van der Waals surface area contributed by atoms with E-state index in [9.17, 15) is 14.7 Å². The van der Waals surface area contributed by atoms with E-state index >= 15 is 0 Å². The lowest BCUT2D eigenvalue weighted by Gasteiger charge is -2.42. The monoisotopic (exact) mass is 271 g/mol. The van der Waals surface area contributed by atoms with Gasteiger partial charge in [0.1, 0.15) is 5.54 Å². The van der Waals surface area contributed by atoms with Crippen LogP contribution in [-0.2, 0) is 4.79 Å². The standard InChI is InChI=1S/C13H25N3O3/c1-9(2)13(4,11(17)18)15(5)12(19)16-7-6-14-10(3)8-16/h9-10,14H,6-8H2,1-5H3,(H,17,18)/t10-,13?/m0/s1. The Labute approximate surface area is 114 Å². The molecule has 2 amide bonds. The van der Waals surface area contributed by atoms with Crippen molar-refractivity contribution in [1.82, 2.24) is 15.1 Å². The van der Waals surface area contributed by atoms with E-state index in [1.54, 1.807) is 18.9 Å². The summed E-state index contributed by atoms with van der Waals surface area (Å²) in [6.45, 7) is 9.21. The van der Waals surface area contributed by atoms with Crippen molar-refractivity contribution in [3.8, 4) is 0 Å². The third kappa shape index (κ3) is 3.00. The van der Waals surface area contributed by atoms with Gasteiger partial charge in [0.05, 0.1) is 0 Å². The SMILES string of the molecule is CC(C)C(C)(C(=O)O)N(C)C(=O)N1CCN[C@@H](C)C1. The highest BCUT2D eigenvalue weighted by molar-refractivity contribution is 5.86. The van der Waals surface area contributed by atoms with Crippen LogP contribution in [0, 0.1) is 5.92 Å². The van der Waals surface area contributed by atoms with Crippen molar-refractivity contribution in [3.63, 3.8) is 0 Å². The summed E-state index contributed by atoms with van der Waals surface area (Å²) in [5.74, 6) is -1.14. The smallest absolute Gasteiger partial charge is 0.329 e. The Bertz CT molecular complexity index is 359. The van der Waals surface area contributed by atoms with Crippen LogP contribution < -0.4 is 5.32 Å². The molecular weight excluding hydrogens is 246 g/mol. The van der Waals surface area contributed by atoms with Gasteiger partial charge in [-0.25, -0.2) is 9.59 Å². The molecule has 1 heterocycles. The zero-order valence-corrected chi connectivity index (χ0v) is 12.4. The molecule has 19 heavy (non-hydrogen) atoms. The predicted octanol–water partition coefficient (Wildman–Crippen LogP) is 0.831. The average Bonchev–Trinajstić information content (AvgIpc) is 2.35. The van der Waals surface area contributed by atoms with Crippen molar-refractivity contribution in [2.45, 2.75) is 39.3 Å². The third-order valence-corrected chi connectivity index (χ3v) is 4.18. The minimum Gasteiger partial charge on any atom is -0.479 e. The molecule has 0 aromatic carbocycles. The van der Waals surface area contributed by atoms with Gasteiger partial charge in [-0.3, -0.25) is 0 Å². The summed E-state index contributed by atoms with van der Waals surface area (Å²) in [6, 6.07) is 0.0215. The van der Waals surface area contributed by atoms with Crippen LogP contribution in [0.15, 0.2) is 0 Å². The van der Waals surface area contributed by atoms with E-state index in [0.29, 0.717) is 13.1 Å². The lowest BCUT2D eigenvalue weighted by atomic mass is 9.87. The lowest BCUT2D eigenvalue weighted by Crippen LogP contribution is -2.62. The van der Waals surface area contributed by atoms with Gasteiger partial charge >= 0.3 is 12.0 Å². The predicted molar refractivity (Wildman–Crippen MR) is 73.1 cm³/mol. The Morgan fingerprint density at radius 1 is 1.47 bits per heavy atom. The van der Waals surface area contributed by atoms with Gasteiger partial charge in [-0.1, -0.05) is 13.8 Å². The fourth-order valence-corrected chi connectivity index (χ4v) is 2.29. The van der Waals surface area contributed by atoms with Crippen LogP contribution in [0.25, 0.3) is 0 Å². The number of piperazine rings is 1. The molecule has 6 heteroatoms. The highest BCUT2D eigenvalue weighted by Gasteiger charge is 2.44. The van der Waals surface area contributed by atoms with Gasteiger partial charge in [0.25, 0.3) is 0 Å². The molecule has 2 atom stereocenters. The summed E-state index contributed by atoms with van der Waals surface area (Å²) in [6.07, 6.45) is 0. The minimum absolute atomic E-state index is 0.167. The number of carbonyl (C=O) groups excluding carboxylic acids is 1. The van der Waals surface area contributed by atoms with Crippen molar-refractivity contribution in [2.75, 3.05) is 26.7 Å². The number of hydrogen-bond acceptors (Lipinski definition) is 3. The molecule has 1 aliphatic rings. The van der Waals surface area contributed by atoms with Gasteiger partial charge in [0.15, 0.2) is 0 Å². The van der Waals surface area contributed by atoms with Crippen molar-refractivity contribution in [3.05, 3.63) is 0 Å². The van der Waals surface area contributed by atoms with Gasteiger partial charge in [-0.15, -0.1) is 0 Å². The maximum Gasteiger partial charge on any atom is 0.329 e. The molecule has 1 rings (SSSR count).